The average molecular weight is 488 g/mol. The van der Waals surface area contributed by atoms with Crippen LogP contribution in [0.4, 0.5) is 5.69 Å². The number of benzene rings is 2. The molecule has 8 nitrogen and oxygen atoms in total. The standard InChI is InChI=1S/C25H33N3O5S/c1-5-34(30,31)26(2)22-19-24(33-4)23(32-3)18-21(22)25(29)28-16-14-27(15-17-28)13-9-12-20-10-7-6-8-11-20/h6-12,18-19H,5,13-17H2,1-4H3/b12-9+. The molecule has 0 atom stereocenters. The molecule has 1 amide bonds. The van der Waals surface area contributed by atoms with Crippen molar-refractivity contribution in [2.24, 2.45) is 0 Å². The lowest BCUT2D eigenvalue weighted by atomic mass is 10.1. The van der Waals surface area contributed by atoms with Gasteiger partial charge in [0.1, 0.15) is 0 Å². The number of sulfonamides is 1. The van der Waals surface area contributed by atoms with Gasteiger partial charge in [-0.05, 0) is 18.6 Å². The molecule has 0 aromatic heterocycles. The van der Waals surface area contributed by atoms with Crippen LogP contribution in [-0.2, 0) is 10.0 Å². The molecule has 184 valence electrons. The molecule has 0 N–H and O–H groups in total. The van der Waals surface area contributed by atoms with Crippen LogP contribution in [0.15, 0.2) is 48.5 Å². The van der Waals surface area contributed by atoms with Crippen LogP contribution in [-0.4, -0.2) is 83.9 Å². The first-order chi connectivity index (χ1) is 16.3. The van der Waals surface area contributed by atoms with Crippen LogP contribution in [0.3, 0.4) is 0 Å². The van der Waals surface area contributed by atoms with Crippen LogP contribution in [0.1, 0.15) is 22.8 Å². The van der Waals surface area contributed by atoms with Gasteiger partial charge in [0, 0.05) is 45.8 Å². The van der Waals surface area contributed by atoms with Crippen molar-refractivity contribution in [1.82, 2.24) is 9.80 Å². The summed E-state index contributed by atoms with van der Waals surface area (Å²) in [6, 6.07) is 13.2. The Kier molecular flexibility index (Phi) is 8.57. The Morgan fingerprint density at radius 3 is 2.24 bits per heavy atom. The summed E-state index contributed by atoms with van der Waals surface area (Å²) >= 11 is 0. The van der Waals surface area contributed by atoms with Crippen molar-refractivity contribution in [1.29, 1.82) is 0 Å². The maximum absolute atomic E-state index is 13.5. The van der Waals surface area contributed by atoms with Gasteiger partial charge in [-0.2, -0.15) is 0 Å². The van der Waals surface area contributed by atoms with Crippen molar-refractivity contribution in [2.45, 2.75) is 6.92 Å². The lowest BCUT2D eigenvalue weighted by Gasteiger charge is -2.35. The Labute approximate surface area is 202 Å². The molecule has 0 radical (unpaired) electrons. The molecular formula is C25H33N3O5S. The van der Waals surface area contributed by atoms with Gasteiger partial charge >= 0.3 is 0 Å². The number of piperazine rings is 1. The fraction of sp³-hybridized carbons (Fsp3) is 0.400. The first kappa shape index (κ1) is 25.6. The first-order valence-corrected chi connectivity index (χ1v) is 12.9. The predicted molar refractivity (Wildman–Crippen MR) is 135 cm³/mol. The van der Waals surface area contributed by atoms with Crippen molar-refractivity contribution in [3.05, 3.63) is 59.7 Å². The number of carbonyl (C=O) groups excluding carboxylic acids is 1. The van der Waals surface area contributed by atoms with Crippen molar-refractivity contribution in [3.63, 3.8) is 0 Å². The average Bonchev–Trinajstić information content (AvgIpc) is 2.88. The number of ether oxygens (including phenoxy) is 2. The van der Waals surface area contributed by atoms with E-state index in [1.165, 1.54) is 21.3 Å². The summed E-state index contributed by atoms with van der Waals surface area (Å²) in [7, 11) is 0.839. The SMILES string of the molecule is CCS(=O)(=O)N(C)c1cc(OC)c(OC)cc1C(=O)N1CCN(C/C=C/c2ccccc2)CC1. The molecule has 3 rings (SSSR count). The van der Waals surface area contributed by atoms with E-state index in [0.717, 1.165) is 29.5 Å². The van der Waals surface area contributed by atoms with Gasteiger partial charge in [-0.1, -0.05) is 42.5 Å². The van der Waals surface area contributed by atoms with Crippen molar-refractivity contribution >= 4 is 27.7 Å². The Balaban J connectivity index is 1.75. The van der Waals surface area contributed by atoms with E-state index in [2.05, 4.69) is 29.2 Å². The van der Waals surface area contributed by atoms with E-state index in [0.29, 0.717) is 24.6 Å². The highest BCUT2D eigenvalue weighted by Crippen LogP contribution is 2.36. The van der Waals surface area contributed by atoms with Gasteiger partial charge in [-0.15, -0.1) is 0 Å². The fourth-order valence-corrected chi connectivity index (χ4v) is 4.69. The largest absolute Gasteiger partial charge is 0.493 e. The quantitative estimate of drug-likeness (QED) is 0.541. The van der Waals surface area contributed by atoms with Gasteiger partial charge in [-0.25, -0.2) is 8.42 Å². The molecule has 1 aliphatic rings. The third-order valence-corrected chi connectivity index (χ3v) is 7.75. The van der Waals surface area contributed by atoms with E-state index < -0.39 is 10.0 Å². The molecule has 2 aromatic carbocycles. The number of hydrogen-bond donors (Lipinski definition) is 0. The highest BCUT2D eigenvalue weighted by molar-refractivity contribution is 7.92. The van der Waals surface area contributed by atoms with Crippen LogP contribution in [0.5, 0.6) is 11.5 Å². The second kappa shape index (κ2) is 11.4. The summed E-state index contributed by atoms with van der Waals surface area (Å²) in [5, 5.41) is 0. The summed E-state index contributed by atoms with van der Waals surface area (Å²) in [6.07, 6.45) is 4.22. The number of hydrogen-bond acceptors (Lipinski definition) is 6. The minimum atomic E-state index is -3.57. The van der Waals surface area contributed by atoms with Crippen molar-refractivity contribution in [3.8, 4) is 11.5 Å². The van der Waals surface area contributed by atoms with E-state index in [-0.39, 0.29) is 22.9 Å². The molecule has 0 aliphatic carbocycles. The molecule has 2 aromatic rings. The molecule has 1 aliphatic heterocycles. The van der Waals surface area contributed by atoms with Gasteiger partial charge in [0.05, 0.1) is 31.2 Å². The van der Waals surface area contributed by atoms with Gasteiger partial charge in [0.25, 0.3) is 5.91 Å². The zero-order chi connectivity index (χ0) is 24.7. The normalized spacial score (nSPS) is 14.9. The molecule has 0 saturated carbocycles. The minimum absolute atomic E-state index is 0.0827. The predicted octanol–water partition coefficient (Wildman–Crippen LogP) is 2.96. The Morgan fingerprint density at radius 2 is 1.65 bits per heavy atom. The molecule has 34 heavy (non-hydrogen) atoms. The topological polar surface area (TPSA) is 79.4 Å². The molecule has 0 unspecified atom stereocenters. The number of nitrogens with zero attached hydrogens (tertiary/aromatic N) is 3. The van der Waals surface area contributed by atoms with Crippen LogP contribution in [0.25, 0.3) is 6.08 Å². The van der Waals surface area contributed by atoms with Crippen LogP contribution in [0, 0.1) is 0 Å². The van der Waals surface area contributed by atoms with E-state index in [1.807, 2.05) is 18.2 Å². The summed E-state index contributed by atoms with van der Waals surface area (Å²) < 4.78 is 37.0. The Hall–Kier alpha value is -3.04. The van der Waals surface area contributed by atoms with Gasteiger partial charge in [0.15, 0.2) is 11.5 Å². The number of methoxy groups -OCH3 is 2. The fourth-order valence-electron chi connectivity index (χ4n) is 3.85. The molecule has 0 bridgehead atoms. The number of anilines is 1. The third kappa shape index (κ3) is 5.90. The third-order valence-electron chi connectivity index (χ3n) is 5.99. The lowest BCUT2D eigenvalue weighted by Crippen LogP contribution is -2.48. The monoisotopic (exact) mass is 487 g/mol. The van der Waals surface area contributed by atoms with Crippen LogP contribution >= 0.6 is 0 Å². The Morgan fingerprint density at radius 1 is 1.03 bits per heavy atom. The highest BCUT2D eigenvalue weighted by Gasteiger charge is 2.29. The molecule has 1 saturated heterocycles. The van der Waals surface area contributed by atoms with Gasteiger partial charge < -0.3 is 14.4 Å². The minimum Gasteiger partial charge on any atom is -0.493 e. The second-order valence-electron chi connectivity index (χ2n) is 8.00. The summed E-state index contributed by atoms with van der Waals surface area (Å²) in [4.78, 5) is 17.5. The maximum Gasteiger partial charge on any atom is 0.256 e. The lowest BCUT2D eigenvalue weighted by molar-refractivity contribution is 0.0650. The molecule has 9 heteroatoms. The molecule has 1 heterocycles. The summed E-state index contributed by atoms with van der Waals surface area (Å²) in [5.74, 6) is 0.429. The molecular weight excluding hydrogens is 454 g/mol. The van der Waals surface area contributed by atoms with Crippen molar-refractivity contribution in [2.75, 3.05) is 64.0 Å². The number of rotatable bonds is 9. The summed E-state index contributed by atoms with van der Waals surface area (Å²) in [6.45, 7) is 4.94. The second-order valence-corrected chi connectivity index (χ2v) is 10.3. The zero-order valence-electron chi connectivity index (χ0n) is 20.2. The number of carbonyl (C=O) groups is 1. The zero-order valence-corrected chi connectivity index (χ0v) is 21.0. The highest BCUT2D eigenvalue weighted by atomic mass is 32.2. The van der Waals surface area contributed by atoms with Gasteiger partial charge in [-0.3, -0.25) is 14.0 Å². The maximum atomic E-state index is 13.5. The van der Waals surface area contributed by atoms with E-state index in [9.17, 15) is 13.2 Å². The smallest absolute Gasteiger partial charge is 0.256 e. The number of amides is 1. The van der Waals surface area contributed by atoms with E-state index in [1.54, 1.807) is 24.0 Å². The van der Waals surface area contributed by atoms with E-state index >= 15 is 0 Å². The molecule has 1 fully saturated rings. The first-order valence-electron chi connectivity index (χ1n) is 11.3. The van der Waals surface area contributed by atoms with E-state index in [4.69, 9.17) is 9.47 Å². The Bertz CT molecular complexity index is 1110. The molecule has 0 spiro atoms. The summed E-state index contributed by atoms with van der Waals surface area (Å²) in [5.41, 5.74) is 1.70. The van der Waals surface area contributed by atoms with Crippen molar-refractivity contribution < 1.29 is 22.7 Å². The van der Waals surface area contributed by atoms with Gasteiger partial charge in [0.2, 0.25) is 10.0 Å². The van der Waals surface area contributed by atoms with Crippen LogP contribution < -0.4 is 13.8 Å². The van der Waals surface area contributed by atoms with Crippen LogP contribution in [0.2, 0.25) is 0 Å².